The molecule has 0 spiro atoms. The number of thiophene rings is 1. The summed E-state index contributed by atoms with van der Waals surface area (Å²) in [6.07, 6.45) is 4.61. The van der Waals surface area contributed by atoms with Gasteiger partial charge in [-0.15, -0.1) is 11.3 Å². The number of hydrogen-bond acceptors (Lipinski definition) is 2. The van der Waals surface area contributed by atoms with Gasteiger partial charge in [0.1, 0.15) is 0 Å². The molecule has 0 saturated carbocycles. The van der Waals surface area contributed by atoms with Gasteiger partial charge in [-0.3, -0.25) is 0 Å². The molecule has 86 valence electrons. The summed E-state index contributed by atoms with van der Waals surface area (Å²) < 4.78 is 1.64. The minimum atomic E-state index is 0.791. The molecule has 1 rings (SSSR count). The van der Waals surface area contributed by atoms with Crippen molar-refractivity contribution in [2.24, 2.45) is 0 Å². The summed E-state index contributed by atoms with van der Waals surface area (Å²) >= 11 is 13.4. The monoisotopic (exact) mass is 265 g/mol. The van der Waals surface area contributed by atoms with Gasteiger partial charge in [-0.25, -0.2) is 0 Å². The van der Waals surface area contributed by atoms with Crippen LogP contribution in [0, 0.1) is 0 Å². The molecule has 0 aliphatic heterocycles. The van der Waals surface area contributed by atoms with E-state index in [1.54, 1.807) is 0 Å². The largest absolute Gasteiger partial charge is 0.317 e. The van der Waals surface area contributed by atoms with Gasteiger partial charge in [0.15, 0.2) is 0 Å². The number of aryl methyl sites for hydroxylation is 1. The predicted molar refractivity (Wildman–Crippen MR) is 70.4 cm³/mol. The Hall–Kier alpha value is 0.240. The van der Waals surface area contributed by atoms with Crippen LogP contribution in [0.3, 0.4) is 0 Å². The smallest absolute Gasteiger partial charge is 0.0976 e. The van der Waals surface area contributed by atoms with E-state index in [4.69, 9.17) is 23.2 Å². The lowest BCUT2D eigenvalue weighted by Gasteiger charge is -2.02. The molecule has 0 unspecified atom stereocenters. The highest BCUT2D eigenvalue weighted by Crippen LogP contribution is 2.31. The Balaban J connectivity index is 2.12. The average molecular weight is 266 g/mol. The Morgan fingerprint density at radius 3 is 2.67 bits per heavy atom. The first kappa shape index (κ1) is 13.3. The van der Waals surface area contributed by atoms with Gasteiger partial charge in [0, 0.05) is 0 Å². The van der Waals surface area contributed by atoms with Gasteiger partial charge in [-0.2, -0.15) is 0 Å². The van der Waals surface area contributed by atoms with Crippen LogP contribution >= 0.6 is 34.5 Å². The van der Waals surface area contributed by atoms with Crippen molar-refractivity contribution in [2.45, 2.75) is 32.6 Å². The molecule has 1 aromatic rings. The fourth-order valence-corrected chi connectivity index (χ4v) is 2.96. The van der Waals surface area contributed by atoms with Crippen molar-refractivity contribution in [3.05, 3.63) is 20.3 Å². The molecular weight excluding hydrogens is 249 g/mol. The molecule has 0 bridgehead atoms. The molecule has 4 heteroatoms. The molecule has 15 heavy (non-hydrogen) atoms. The van der Waals surface area contributed by atoms with Crippen LogP contribution in [-0.4, -0.2) is 13.1 Å². The Kier molecular flexibility index (Phi) is 6.66. The molecule has 0 aliphatic rings. The van der Waals surface area contributed by atoms with E-state index < -0.39 is 0 Å². The van der Waals surface area contributed by atoms with E-state index in [1.807, 2.05) is 6.07 Å². The summed E-state index contributed by atoms with van der Waals surface area (Å²) in [6.45, 7) is 4.40. The van der Waals surface area contributed by atoms with E-state index in [2.05, 4.69) is 12.2 Å². The van der Waals surface area contributed by atoms with Gasteiger partial charge in [0.25, 0.3) is 0 Å². The molecule has 1 N–H and O–H groups in total. The Labute approximate surface area is 106 Å². The maximum absolute atomic E-state index is 6.03. The van der Waals surface area contributed by atoms with Crippen molar-refractivity contribution in [3.63, 3.8) is 0 Å². The average Bonchev–Trinajstić information content (AvgIpc) is 2.51. The molecule has 0 amide bonds. The van der Waals surface area contributed by atoms with Crippen molar-refractivity contribution < 1.29 is 0 Å². The highest BCUT2D eigenvalue weighted by atomic mass is 35.5. The van der Waals surface area contributed by atoms with Crippen molar-refractivity contribution in [2.75, 3.05) is 13.1 Å². The van der Waals surface area contributed by atoms with Crippen LogP contribution in [0.5, 0.6) is 0 Å². The normalized spacial score (nSPS) is 10.9. The zero-order valence-electron chi connectivity index (χ0n) is 8.98. The van der Waals surface area contributed by atoms with Crippen molar-refractivity contribution in [3.8, 4) is 0 Å². The van der Waals surface area contributed by atoms with E-state index in [-0.39, 0.29) is 0 Å². The van der Waals surface area contributed by atoms with Crippen LogP contribution in [0.25, 0.3) is 0 Å². The van der Waals surface area contributed by atoms with Gasteiger partial charge >= 0.3 is 0 Å². The minimum absolute atomic E-state index is 0.791. The molecule has 1 aromatic heterocycles. The number of hydrogen-bond donors (Lipinski definition) is 1. The van der Waals surface area contributed by atoms with Gasteiger partial charge in [-0.1, -0.05) is 30.1 Å². The van der Waals surface area contributed by atoms with Crippen LogP contribution < -0.4 is 5.32 Å². The minimum Gasteiger partial charge on any atom is -0.317 e. The van der Waals surface area contributed by atoms with E-state index in [1.165, 1.54) is 36.2 Å². The molecule has 0 atom stereocenters. The summed E-state index contributed by atoms with van der Waals surface area (Å²) in [5.74, 6) is 0. The summed E-state index contributed by atoms with van der Waals surface area (Å²) in [4.78, 5) is 0. The third-order valence-electron chi connectivity index (χ3n) is 2.20. The number of halogens is 2. The second-order valence-corrected chi connectivity index (χ2v) is 5.84. The Bertz CT molecular complexity index is 286. The fourth-order valence-electron chi connectivity index (χ4n) is 1.41. The van der Waals surface area contributed by atoms with E-state index in [0.29, 0.717) is 0 Å². The molecule has 0 fully saturated rings. The lowest BCUT2D eigenvalue weighted by atomic mass is 10.1. The highest BCUT2D eigenvalue weighted by molar-refractivity contribution is 7.20. The predicted octanol–water partition coefficient (Wildman–Crippen LogP) is 4.38. The summed E-state index contributed by atoms with van der Waals surface area (Å²) in [5.41, 5.74) is 1.20. The zero-order valence-corrected chi connectivity index (χ0v) is 11.3. The van der Waals surface area contributed by atoms with E-state index >= 15 is 0 Å². The third-order valence-corrected chi connectivity index (χ3v) is 3.77. The molecule has 0 aliphatic carbocycles. The topological polar surface area (TPSA) is 12.0 Å². The van der Waals surface area contributed by atoms with E-state index in [0.717, 1.165) is 28.2 Å². The molecule has 0 aromatic carbocycles. The standard InChI is InChI=1S/C11H17Cl2NS/c1-2-6-14-7-4-3-5-9-8-10(12)15-11(9)13/h8,14H,2-7H2,1H3. The van der Waals surface area contributed by atoms with Crippen LogP contribution in [0.15, 0.2) is 6.07 Å². The Morgan fingerprint density at radius 1 is 1.27 bits per heavy atom. The second kappa shape index (κ2) is 7.50. The molecule has 1 nitrogen and oxygen atoms in total. The molecular formula is C11H17Cl2NS. The zero-order chi connectivity index (χ0) is 11.1. The molecule has 1 heterocycles. The lowest BCUT2D eigenvalue weighted by Crippen LogP contribution is -2.15. The van der Waals surface area contributed by atoms with Crippen LogP contribution in [0.2, 0.25) is 8.67 Å². The Morgan fingerprint density at radius 2 is 2.07 bits per heavy atom. The quantitative estimate of drug-likeness (QED) is 0.722. The number of unbranched alkanes of at least 4 members (excludes halogenated alkanes) is 1. The maximum atomic E-state index is 6.03. The van der Waals surface area contributed by atoms with Crippen LogP contribution in [-0.2, 0) is 6.42 Å². The molecule has 0 radical (unpaired) electrons. The third kappa shape index (κ3) is 5.21. The summed E-state index contributed by atoms with van der Waals surface area (Å²) in [7, 11) is 0. The number of nitrogens with one attached hydrogen (secondary N) is 1. The van der Waals surface area contributed by atoms with Crippen molar-refractivity contribution >= 4 is 34.5 Å². The van der Waals surface area contributed by atoms with E-state index in [9.17, 15) is 0 Å². The van der Waals surface area contributed by atoms with Gasteiger partial charge in [-0.05, 0) is 50.4 Å². The SMILES string of the molecule is CCCNCCCCc1cc(Cl)sc1Cl. The summed E-state index contributed by atoms with van der Waals surface area (Å²) in [5, 5.41) is 3.38. The first-order chi connectivity index (χ1) is 7.24. The first-order valence-corrected chi connectivity index (χ1v) is 6.95. The van der Waals surface area contributed by atoms with Gasteiger partial charge in [0.2, 0.25) is 0 Å². The molecule has 0 saturated heterocycles. The van der Waals surface area contributed by atoms with Crippen molar-refractivity contribution in [1.29, 1.82) is 0 Å². The maximum Gasteiger partial charge on any atom is 0.0976 e. The van der Waals surface area contributed by atoms with Gasteiger partial charge < -0.3 is 5.32 Å². The second-order valence-electron chi connectivity index (χ2n) is 3.56. The van der Waals surface area contributed by atoms with Gasteiger partial charge in [0.05, 0.1) is 8.67 Å². The van der Waals surface area contributed by atoms with Crippen LogP contribution in [0.4, 0.5) is 0 Å². The number of rotatable bonds is 7. The highest BCUT2D eigenvalue weighted by Gasteiger charge is 2.04. The fraction of sp³-hybridized carbons (Fsp3) is 0.636. The first-order valence-electron chi connectivity index (χ1n) is 5.38. The lowest BCUT2D eigenvalue weighted by molar-refractivity contribution is 0.617. The van der Waals surface area contributed by atoms with Crippen molar-refractivity contribution in [1.82, 2.24) is 5.32 Å². The summed E-state index contributed by atoms with van der Waals surface area (Å²) in [6, 6.07) is 1.98. The van der Waals surface area contributed by atoms with Crippen LogP contribution in [0.1, 0.15) is 31.7 Å².